The number of hydrogen-bond donors (Lipinski definition) is 1. The van der Waals surface area contributed by atoms with Crippen LogP contribution in [0.1, 0.15) is 49.4 Å². The van der Waals surface area contributed by atoms with Crippen LogP contribution < -0.4 is 15.0 Å². The Hall–Kier alpha value is -4.65. The Morgan fingerprint density at radius 1 is 1.09 bits per heavy atom. The molecule has 3 amide bonds. The second-order valence-electron chi connectivity index (χ2n) is 10.4. The zero-order valence-corrected chi connectivity index (χ0v) is 25.7. The summed E-state index contributed by atoms with van der Waals surface area (Å²) in [4.78, 5) is 36.1. The highest BCUT2D eigenvalue weighted by Crippen LogP contribution is 2.32. The van der Waals surface area contributed by atoms with Gasteiger partial charge < -0.3 is 10.1 Å². The van der Waals surface area contributed by atoms with Gasteiger partial charge in [-0.1, -0.05) is 68.4 Å². The predicted molar refractivity (Wildman–Crippen MR) is 168 cm³/mol. The third kappa shape index (κ3) is 7.72. The van der Waals surface area contributed by atoms with Crippen molar-refractivity contribution < 1.29 is 27.5 Å². The van der Waals surface area contributed by atoms with E-state index in [1.54, 1.807) is 4.90 Å². The fraction of sp³-hybridized carbons (Fsp3) is 0.281. The number of ether oxygens (including phenoxy) is 1. The minimum Gasteiger partial charge on any atom is -0.406 e. The van der Waals surface area contributed by atoms with Gasteiger partial charge in [-0.25, -0.2) is 14.5 Å². The Labute approximate surface area is 262 Å². The van der Waals surface area contributed by atoms with Crippen LogP contribution in [-0.2, 0) is 11.2 Å². The first kappa shape index (κ1) is 31.8. The number of urea groups is 1. The number of amidine groups is 1. The molecule has 4 aromatic rings. The number of anilines is 1. The van der Waals surface area contributed by atoms with Crippen molar-refractivity contribution in [2.45, 2.75) is 52.4 Å². The van der Waals surface area contributed by atoms with Gasteiger partial charge in [0, 0.05) is 5.56 Å². The lowest BCUT2D eigenvalue weighted by atomic mass is 10.0. The Kier molecular flexibility index (Phi) is 9.57. The molecule has 3 aromatic carbocycles. The van der Waals surface area contributed by atoms with Crippen LogP contribution in [0.2, 0.25) is 0 Å². The highest BCUT2D eigenvalue weighted by Gasteiger charge is 2.32. The number of aryl methyl sites for hydroxylation is 2. The van der Waals surface area contributed by atoms with Crippen molar-refractivity contribution in [3.8, 4) is 22.8 Å². The van der Waals surface area contributed by atoms with Crippen molar-refractivity contribution in [1.29, 1.82) is 0 Å². The molecule has 1 aromatic heterocycles. The normalized spacial score (nSPS) is 15.0. The van der Waals surface area contributed by atoms with Crippen LogP contribution >= 0.6 is 11.8 Å². The topological polar surface area (TPSA) is 102 Å². The summed E-state index contributed by atoms with van der Waals surface area (Å²) in [5.74, 6) is 0.195. The molecule has 1 aliphatic heterocycles. The van der Waals surface area contributed by atoms with Crippen molar-refractivity contribution in [1.82, 2.24) is 20.1 Å². The number of amides is 3. The summed E-state index contributed by atoms with van der Waals surface area (Å²) in [5, 5.41) is 7.75. The van der Waals surface area contributed by atoms with Gasteiger partial charge in [0.2, 0.25) is 5.91 Å². The van der Waals surface area contributed by atoms with Gasteiger partial charge in [-0.3, -0.25) is 9.69 Å². The van der Waals surface area contributed by atoms with Gasteiger partial charge in [-0.2, -0.15) is 4.99 Å². The van der Waals surface area contributed by atoms with Gasteiger partial charge >= 0.3 is 12.4 Å². The van der Waals surface area contributed by atoms with Crippen LogP contribution in [0.25, 0.3) is 17.1 Å². The van der Waals surface area contributed by atoms with E-state index in [1.807, 2.05) is 56.3 Å². The zero-order valence-electron chi connectivity index (χ0n) is 24.8. The SMILES string of the molecule is CCCc1ccc(C)cc1N1C(=O)CS/C1=N\C(=O)NC(CC)c1ccc(-c2ncn(-c3ccc(OC(F)(F)F)cc3)n2)cc1. The Morgan fingerprint density at radius 3 is 2.49 bits per heavy atom. The van der Waals surface area contributed by atoms with Gasteiger partial charge in [-0.15, -0.1) is 18.3 Å². The zero-order chi connectivity index (χ0) is 32.1. The van der Waals surface area contributed by atoms with E-state index in [0.29, 0.717) is 28.7 Å². The first-order valence-corrected chi connectivity index (χ1v) is 15.4. The highest BCUT2D eigenvalue weighted by molar-refractivity contribution is 8.15. The van der Waals surface area contributed by atoms with Crippen LogP contribution in [0.4, 0.5) is 23.7 Å². The molecule has 1 fully saturated rings. The smallest absolute Gasteiger partial charge is 0.406 e. The maximum atomic E-state index is 13.1. The molecule has 0 bridgehead atoms. The molecule has 1 unspecified atom stereocenters. The van der Waals surface area contributed by atoms with E-state index in [9.17, 15) is 22.8 Å². The standard InChI is InChI=1S/C32H31F3N6O3S/c1-4-6-22-8-7-20(3)17-27(22)41-28(42)18-45-31(41)38-30(43)37-26(5-2)21-9-11-23(12-10-21)29-36-19-40(39-29)24-13-15-25(16-14-24)44-32(33,34)35/h7-17,19,26H,4-6,18H2,1-3H3,(H,37,43)/b38-31-. The molecule has 5 rings (SSSR count). The molecular formula is C32H31F3N6O3S. The van der Waals surface area contributed by atoms with Crippen LogP contribution in [0.5, 0.6) is 5.75 Å². The number of benzene rings is 3. The van der Waals surface area contributed by atoms with Crippen LogP contribution in [-0.4, -0.2) is 44.0 Å². The molecule has 0 spiro atoms. The third-order valence-electron chi connectivity index (χ3n) is 7.07. The van der Waals surface area contributed by atoms with Crippen LogP contribution in [0.15, 0.2) is 78.0 Å². The molecule has 1 saturated heterocycles. The third-order valence-corrected chi connectivity index (χ3v) is 7.99. The number of nitrogens with zero attached hydrogens (tertiary/aromatic N) is 5. The number of carbonyl (C=O) groups excluding carboxylic acids is 2. The second kappa shape index (κ2) is 13.6. The predicted octanol–water partition coefficient (Wildman–Crippen LogP) is 7.39. The Bertz CT molecular complexity index is 1700. The summed E-state index contributed by atoms with van der Waals surface area (Å²) in [6.07, 6.45) is -0.969. The number of hydrogen-bond acceptors (Lipinski definition) is 6. The van der Waals surface area contributed by atoms with E-state index < -0.39 is 12.4 Å². The summed E-state index contributed by atoms with van der Waals surface area (Å²) in [6.45, 7) is 5.99. The van der Waals surface area contributed by atoms with Crippen molar-refractivity contribution in [2.75, 3.05) is 10.7 Å². The van der Waals surface area contributed by atoms with Gasteiger partial charge in [-0.05, 0) is 66.8 Å². The maximum absolute atomic E-state index is 13.1. The molecule has 1 atom stereocenters. The van der Waals surface area contributed by atoms with Crippen LogP contribution in [0.3, 0.4) is 0 Å². The lowest BCUT2D eigenvalue weighted by molar-refractivity contribution is -0.274. The fourth-order valence-electron chi connectivity index (χ4n) is 4.92. The first-order chi connectivity index (χ1) is 21.5. The van der Waals surface area contributed by atoms with Gasteiger partial charge in [0.15, 0.2) is 11.0 Å². The fourth-order valence-corrected chi connectivity index (χ4v) is 5.78. The van der Waals surface area contributed by atoms with E-state index in [4.69, 9.17) is 0 Å². The van der Waals surface area contributed by atoms with E-state index in [1.165, 1.54) is 47.0 Å². The molecule has 0 aliphatic carbocycles. The first-order valence-electron chi connectivity index (χ1n) is 14.4. The van der Waals surface area contributed by atoms with Gasteiger partial charge in [0.25, 0.3) is 0 Å². The number of carbonyl (C=O) groups is 2. The highest BCUT2D eigenvalue weighted by atomic mass is 32.2. The molecule has 45 heavy (non-hydrogen) atoms. The van der Waals surface area contributed by atoms with Gasteiger partial charge in [0.1, 0.15) is 12.1 Å². The van der Waals surface area contributed by atoms with Crippen molar-refractivity contribution in [3.63, 3.8) is 0 Å². The molecule has 0 saturated carbocycles. The van der Waals surface area contributed by atoms with Crippen LogP contribution in [0, 0.1) is 6.92 Å². The summed E-state index contributed by atoms with van der Waals surface area (Å²) >= 11 is 1.25. The number of thioether (sulfide) groups is 1. The quantitative estimate of drug-likeness (QED) is 0.206. The largest absolute Gasteiger partial charge is 0.573 e. The number of alkyl halides is 3. The van der Waals surface area contributed by atoms with Crippen molar-refractivity contribution >= 4 is 34.6 Å². The lowest BCUT2D eigenvalue weighted by Gasteiger charge is -2.21. The maximum Gasteiger partial charge on any atom is 0.573 e. The average Bonchev–Trinajstić information content (AvgIpc) is 3.64. The molecular weight excluding hydrogens is 605 g/mol. The van der Waals surface area contributed by atoms with E-state index in [0.717, 1.165) is 35.2 Å². The second-order valence-corrected chi connectivity index (χ2v) is 11.3. The summed E-state index contributed by atoms with van der Waals surface area (Å²) < 4.78 is 42.7. The monoisotopic (exact) mass is 636 g/mol. The van der Waals surface area contributed by atoms with Crippen molar-refractivity contribution in [3.05, 3.63) is 89.7 Å². The number of halogens is 3. The minimum atomic E-state index is -4.77. The lowest BCUT2D eigenvalue weighted by Crippen LogP contribution is -2.33. The van der Waals surface area contributed by atoms with Gasteiger partial charge in [0.05, 0.1) is 23.2 Å². The molecule has 1 aliphatic rings. The molecule has 9 nitrogen and oxygen atoms in total. The van der Waals surface area contributed by atoms with E-state index in [2.05, 4.69) is 32.1 Å². The number of rotatable bonds is 9. The summed E-state index contributed by atoms with van der Waals surface area (Å²) in [7, 11) is 0. The Balaban J connectivity index is 1.27. The van der Waals surface area contributed by atoms with E-state index >= 15 is 0 Å². The molecule has 13 heteroatoms. The summed E-state index contributed by atoms with van der Waals surface area (Å²) in [6, 6.07) is 17.8. The molecule has 2 heterocycles. The average molecular weight is 637 g/mol. The number of aliphatic imine (C=N–C) groups is 1. The molecule has 0 radical (unpaired) electrons. The molecule has 1 N–H and O–H groups in total. The van der Waals surface area contributed by atoms with Crippen molar-refractivity contribution in [2.24, 2.45) is 4.99 Å². The Morgan fingerprint density at radius 2 is 1.82 bits per heavy atom. The van der Waals surface area contributed by atoms with E-state index in [-0.39, 0.29) is 23.5 Å². The summed E-state index contributed by atoms with van der Waals surface area (Å²) in [5.41, 5.74) is 4.90. The molecule has 234 valence electrons. The number of aromatic nitrogens is 3. The number of nitrogens with one attached hydrogen (secondary N) is 1. The minimum absolute atomic E-state index is 0.110.